The highest BCUT2D eigenvalue weighted by Crippen LogP contribution is 2.30. The van der Waals surface area contributed by atoms with Gasteiger partial charge in [0.2, 0.25) is 5.95 Å². The molecule has 1 atom stereocenters. The Morgan fingerprint density at radius 1 is 1.15 bits per heavy atom. The average molecular weight is 489 g/mol. The zero-order valence-corrected chi connectivity index (χ0v) is 20.8. The average Bonchev–Trinajstić information content (AvgIpc) is 3.12. The third-order valence-corrected chi connectivity index (χ3v) is 6.46. The molecule has 2 aromatic carbocycles. The number of piperidine rings is 1. The van der Waals surface area contributed by atoms with E-state index in [4.69, 9.17) is 32.9 Å². The topological polar surface area (TPSA) is 59.4 Å². The number of carbonyl (C=O) groups is 1. The highest BCUT2D eigenvalue weighted by Gasteiger charge is 2.28. The lowest BCUT2D eigenvalue weighted by Crippen LogP contribution is -2.48. The van der Waals surface area contributed by atoms with E-state index in [1.807, 2.05) is 57.2 Å². The molecule has 176 valence electrons. The summed E-state index contributed by atoms with van der Waals surface area (Å²) in [4.78, 5) is 19.6. The van der Waals surface area contributed by atoms with Crippen LogP contribution in [-0.2, 0) is 11.3 Å². The normalized spacial score (nSPS) is 16.8. The Balaban J connectivity index is 1.63. The zero-order valence-electron chi connectivity index (χ0n) is 19.3. The molecule has 0 bridgehead atoms. The van der Waals surface area contributed by atoms with Crippen LogP contribution >= 0.6 is 23.2 Å². The lowest BCUT2D eigenvalue weighted by molar-refractivity contribution is 0.0522. The molecule has 2 heterocycles. The van der Waals surface area contributed by atoms with Gasteiger partial charge in [-0.1, -0.05) is 41.4 Å². The number of aromatic nitrogens is 2. The van der Waals surface area contributed by atoms with Crippen LogP contribution < -0.4 is 10.2 Å². The monoisotopic (exact) mass is 488 g/mol. The Kier molecular flexibility index (Phi) is 7.05. The van der Waals surface area contributed by atoms with Gasteiger partial charge in [-0.3, -0.25) is 0 Å². The van der Waals surface area contributed by atoms with E-state index in [0.717, 1.165) is 48.4 Å². The molecule has 6 nitrogen and oxygen atoms in total. The number of imidazole rings is 1. The molecule has 0 radical (unpaired) electrons. The predicted molar refractivity (Wildman–Crippen MR) is 135 cm³/mol. The minimum atomic E-state index is -0.524. The number of benzene rings is 2. The second-order valence-electron chi connectivity index (χ2n) is 9.46. The van der Waals surface area contributed by atoms with Gasteiger partial charge in [0, 0.05) is 19.1 Å². The summed E-state index contributed by atoms with van der Waals surface area (Å²) in [5.41, 5.74) is 2.53. The van der Waals surface area contributed by atoms with E-state index in [9.17, 15) is 4.79 Å². The molecule has 33 heavy (non-hydrogen) atoms. The molecule has 1 N–H and O–H groups in total. The molecular formula is C25H30Cl2N4O2. The summed E-state index contributed by atoms with van der Waals surface area (Å²) < 4.78 is 7.65. The third kappa shape index (κ3) is 5.74. The standard InChI is InChI=1S/C25H30Cl2N4O2/c1-25(2,3)33-24(32)28-15-18-8-6-7-13-30(18)23-29-21-9-4-5-10-22(21)31(23)16-17-11-12-19(26)20(27)14-17/h4-5,9-12,14,18H,6-8,13,15-16H2,1-3H3,(H,28,32). The van der Waals surface area contributed by atoms with Gasteiger partial charge in [0.15, 0.2) is 0 Å². The van der Waals surface area contributed by atoms with Crippen LogP contribution in [0.15, 0.2) is 42.5 Å². The van der Waals surface area contributed by atoms with Gasteiger partial charge in [-0.05, 0) is 69.9 Å². The number of rotatable bonds is 5. The van der Waals surface area contributed by atoms with Gasteiger partial charge in [0.05, 0.1) is 27.6 Å². The van der Waals surface area contributed by atoms with Crippen molar-refractivity contribution in [2.24, 2.45) is 0 Å². The first-order valence-corrected chi connectivity index (χ1v) is 12.1. The van der Waals surface area contributed by atoms with Gasteiger partial charge in [-0.2, -0.15) is 0 Å². The predicted octanol–water partition coefficient (Wildman–Crippen LogP) is 6.28. The van der Waals surface area contributed by atoms with Crippen molar-refractivity contribution < 1.29 is 9.53 Å². The molecule has 1 saturated heterocycles. The van der Waals surface area contributed by atoms with E-state index >= 15 is 0 Å². The SMILES string of the molecule is CC(C)(C)OC(=O)NCC1CCCCN1c1nc2ccccc2n1Cc1ccc(Cl)c(Cl)c1. The highest BCUT2D eigenvalue weighted by molar-refractivity contribution is 6.42. The molecule has 8 heteroatoms. The number of alkyl carbamates (subject to hydrolysis) is 1. The van der Waals surface area contributed by atoms with Crippen LogP contribution in [-0.4, -0.2) is 40.4 Å². The molecule has 0 aliphatic carbocycles. The quantitative estimate of drug-likeness (QED) is 0.459. The number of hydrogen-bond acceptors (Lipinski definition) is 4. The fourth-order valence-electron chi connectivity index (χ4n) is 4.25. The highest BCUT2D eigenvalue weighted by atomic mass is 35.5. The molecule has 1 amide bonds. The summed E-state index contributed by atoms with van der Waals surface area (Å²) >= 11 is 12.4. The van der Waals surface area contributed by atoms with Gasteiger partial charge in [0.25, 0.3) is 0 Å². The van der Waals surface area contributed by atoms with Crippen molar-refractivity contribution in [2.75, 3.05) is 18.0 Å². The fraction of sp³-hybridized carbons (Fsp3) is 0.440. The van der Waals surface area contributed by atoms with Crippen LogP contribution in [0.3, 0.4) is 0 Å². The Morgan fingerprint density at radius 3 is 2.70 bits per heavy atom. The lowest BCUT2D eigenvalue weighted by Gasteiger charge is -2.37. The molecule has 0 spiro atoms. The van der Waals surface area contributed by atoms with Crippen LogP contribution in [0, 0.1) is 0 Å². The Bertz CT molecular complexity index is 1140. The van der Waals surface area contributed by atoms with Gasteiger partial charge in [0.1, 0.15) is 5.60 Å². The van der Waals surface area contributed by atoms with E-state index in [-0.39, 0.29) is 6.04 Å². The Labute approximate surface area is 204 Å². The zero-order chi connectivity index (χ0) is 23.6. The van der Waals surface area contributed by atoms with E-state index in [0.29, 0.717) is 23.1 Å². The van der Waals surface area contributed by atoms with Gasteiger partial charge in [-0.15, -0.1) is 0 Å². The largest absolute Gasteiger partial charge is 0.444 e. The van der Waals surface area contributed by atoms with E-state index in [1.165, 1.54) is 0 Å². The second-order valence-corrected chi connectivity index (χ2v) is 10.3. The number of anilines is 1. The maximum Gasteiger partial charge on any atom is 0.407 e. The molecule has 4 rings (SSSR count). The number of para-hydroxylation sites is 2. The fourth-order valence-corrected chi connectivity index (χ4v) is 4.57. The summed E-state index contributed by atoms with van der Waals surface area (Å²) in [6, 6.07) is 14.0. The first kappa shape index (κ1) is 23.7. The molecule has 0 saturated carbocycles. The molecule has 1 aromatic heterocycles. The van der Waals surface area contributed by atoms with Crippen LogP contribution in [0.4, 0.5) is 10.7 Å². The van der Waals surface area contributed by atoms with Crippen LogP contribution in [0.2, 0.25) is 10.0 Å². The number of carbonyl (C=O) groups excluding carboxylic acids is 1. The van der Waals surface area contributed by atoms with Crippen molar-refractivity contribution in [1.82, 2.24) is 14.9 Å². The maximum atomic E-state index is 12.3. The summed E-state index contributed by atoms with van der Waals surface area (Å²) in [6.07, 6.45) is 2.78. The Hall–Kier alpha value is -2.44. The van der Waals surface area contributed by atoms with Crippen molar-refractivity contribution in [3.05, 3.63) is 58.1 Å². The molecule has 3 aromatic rings. The van der Waals surface area contributed by atoms with Crippen LogP contribution in [0.1, 0.15) is 45.6 Å². The van der Waals surface area contributed by atoms with Gasteiger partial charge in [-0.25, -0.2) is 9.78 Å². The summed E-state index contributed by atoms with van der Waals surface area (Å²) in [7, 11) is 0. The first-order valence-electron chi connectivity index (χ1n) is 11.3. The van der Waals surface area contributed by atoms with Crippen molar-refractivity contribution in [1.29, 1.82) is 0 Å². The first-order chi connectivity index (χ1) is 15.7. The van der Waals surface area contributed by atoms with Gasteiger partial charge >= 0.3 is 6.09 Å². The van der Waals surface area contributed by atoms with Crippen molar-refractivity contribution >= 4 is 46.3 Å². The molecular weight excluding hydrogens is 459 g/mol. The minimum absolute atomic E-state index is 0.135. The number of nitrogens with one attached hydrogen (secondary N) is 1. The summed E-state index contributed by atoms with van der Waals surface area (Å²) in [6.45, 7) is 7.60. The van der Waals surface area contributed by atoms with Crippen LogP contribution in [0.25, 0.3) is 11.0 Å². The van der Waals surface area contributed by atoms with E-state index < -0.39 is 11.7 Å². The summed E-state index contributed by atoms with van der Waals surface area (Å²) in [5.74, 6) is 0.901. The number of fused-ring (bicyclic) bond motifs is 1. The molecule has 1 unspecified atom stereocenters. The minimum Gasteiger partial charge on any atom is -0.444 e. The smallest absolute Gasteiger partial charge is 0.407 e. The third-order valence-electron chi connectivity index (χ3n) is 5.72. The Morgan fingerprint density at radius 2 is 1.94 bits per heavy atom. The lowest BCUT2D eigenvalue weighted by atomic mass is 10.0. The van der Waals surface area contributed by atoms with Crippen LogP contribution in [0.5, 0.6) is 0 Å². The molecule has 1 fully saturated rings. The second kappa shape index (κ2) is 9.82. The number of nitrogens with zero attached hydrogens (tertiary/aromatic N) is 3. The van der Waals surface area contributed by atoms with Gasteiger partial charge < -0.3 is 19.5 Å². The number of halogens is 2. The number of amides is 1. The van der Waals surface area contributed by atoms with Crippen molar-refractivity contribution in [2.45, 2.75) is 58.2 Å². The van der Waals surface area contributed by atoms with Crippen molar-refractivity contribution in [3.63, 3.8) is 0 Å². The summed E-state index contributed by atoms with van der Waals surface area (Å²) in [5, 5.41) is 4.03. The maximum absolute atomic E-state index is 12.3. The molecule has 1 aliphatic rings. The molecule has 1 aliphatic heterocycles. The number of hydrogen-bond donors (Lipinski definition) is 1. The van der Waals surface area contributed by atoms with E-state index in [2.05, 4.69) is 20.9 Å². The van der Waals surface area contributed by atoms with Crippen molar-refractivity contribution in [3.8, 4) is 0 Å². The number of ether oxygens (including phenoxy) is 1. The van der Waals surface area contributed by atoms with E-state index in [1.54, 1.807) is 0 Å².